The predicted octanol–water partition coefficient (Wildman–Crippen LogP) is 1.97. The number of carbonyl (C=O) groups excluding carboxylic acids is 2. The zero-order valence-electron chi connectivity index (χ0n) is 22.8. The van der Waals surface area contributed by atoms with Crippen molar-refractivity contribution in [1.29, 1.82) is 0 Å². The molecule has 0 unspecified atom stereocenters. The van der Waals surface area contributed by atoms with E-state index in [1.165, 1.54) is 43.1 Å². The lowest BCUT2D eigenvalue weighted by Crippen LogP contribution is -2.48. The van der Waals surface area contributed by atoms with Crippen molar-refractivity contribution in [2.45, 2.75) is 71.1 Å². The summed E-state index contributed by atoms with van der Waals surface area (Å²) in [6.45, 7) is 6.15. The Kier molecular flexibility index (Phi) is 9.68. The van der Waals surface area contributed by atoms with Gasteiger partial charge in [-0.05, 0) is 61.4 Å². The lowest BCUT2D eigenvalue weighted by Gasteiger charge is -2.35. The number of likely N-dealkylation sites (N-methyl/N-ethyl adjacent to an activating group) is 1. The molecule has 4 rings (SSSR count). The molecule has 1 aromatic heterocycles. The highest BCUT2D eigenvalue weighted by Crippen LogP contribution is 2.30. The summed E-state index contributed by atoms with van der Waals surface area (Å²) >= 11 is 0. The van der Waals surface area contributed by atoms with Crippen molar-refractivity contribution in [2.75, 3.05) is 38.6 Å². The molecule has 2 heterocycles. The van der Waals surface area contributed by atoms with Crippen LogP contribution in [0.15, 0.2) is 24.5 Å². The average Bonchev–Trinajstić information content (AvgIpc) is 3.41. The first-order chi connectivity index (χ1) is 18.3. The average molecular weight is 528 g/mol. The maximum atomic E-state index is 13.4. The van der Waals surface area contributed by atoms with Gasteiger partial charge in [0.25, 0.3) is 0 Å². The Morgan fingerprint density at radius 1 is 1.26 bits per heavy atom. The number of carbonyl (C=O) groups is 2. The van der Waals surface area contributed by atoms with E-state index in [1.54, 1.807) is 17.0 Å². The van der Waals surface area contributed by atoms with E-state index < -0.39 is 0 Å². The van der Waals surface area contributed by atoms with E-state index in [9.17, 15) is 14.7 Å². The monoisotopic (exact) mass is 527 g/mol. The molecule has 1 aromatic carbocycles. The fourth-order valence-corrected chi connectivity index (χ4v) is 5.52. The minimum Gasteiger partial charge on any atom is -0.488 e. The van der Waals surface area contributed by atoms with Gasteiger partial charge in [-0.2, -0.15) is 0 Å². The molecule has 0 spiro atoms. The number of aromatic nitrogens is 4. The van der Waals surface area contributed by atoms with Crippen LogP contribution < -0.4 is 10.1 Å². The van der Waals surface area contributed by atoms with Gasteiger partial charge in [0.05, 0.1) is 19.1 Å². The van der Waals surface area contributed by atoms with Crippen LogP contribution in [0.25, 0.3) is 0 Å². The Labute approximate surface area is 224 Å². The third kappa shape index (κ3) is 7.50. The smallest absolute Gasteiger partial charge is 0.246 e. The van der Waals surface area contributed by atoms with Crippen LogP contribution in [0.3, 0.4) is 0 Å². The van der Waals surface area contributed by atoms with Gasteiger partial charge in [0.1, 0.15) is 24.7 Å². The lowest BCUT2D eigenvalue weighted by molar-refractivity contribution is -0.134. The van der Waals surface area contributed by atoms with Gasteiger partial charge in [-0.15, -0.1) is 5.10 Å². The lowest BCUT2D eigenvalue weighted by atomic mass is 9.89. The van der Waals surface area contributed by atoms with Crippen LogP contribution in [0.5, 0.6) is 5.75 Å². The molecule has 2 amide bonds. The molecule has 0 radical (unpaired) electrons. The number of aliphatic hydroxyl groups excluding tert-OH is 1. The predicted molar refractivity (Wildman–Crippen MR) is 143 cm³/mol. The first kappa shape index (κ1) is 28.0. The first-order valence-corrected chi connectivity index (χ1v) is 13.7. The second-order valence-electron chi connectivity index (χ2n) is 11.0. The van der Waals surface area contributed by atoms with Crippen LogP contribution in [-0.4, -0.2) is 92.4 Å². The zero-order chi connectivity index (χ0) is 27.1. The number of ether oxygens (including phenoxy) is 1. The molecular weight excluding hydrogens is 486 g/mol. The van der Waals surface area contributed by atoms with E-state index in [-0.39, 0.29) is 49.5 Å². The Hall–Kier alpha value is -3.05. The molecule has 2 N–H and O–H groups in total. The van der Waals surface area contributed by atoms with E-state index in [2.05, 4.69) is 39.7 Å². The molecule has 1 saturated carbocycles. The summed E-state index contributed by atoms with van der Waals surface area (Å²) < 4.78 is 7.95. The standard InChI is InChI=1S/C27H41N7O4/c1-19-13-34(20(2)17-35)27(37)12-22-11-23(29-26(36)16-33-18-28-30-31-33)9-10-24(22)38-25(19)15-32(3)14-21-7-5-4-6-8-21/h9-11,18-21,25,35H,4-8,12-17H2,1-3H3,(H,29,36)/t19-,20-,25-/m1/s1. The third-order valence-corrected chi connectivity index (χ3v) is 7.68. The number of nitrogens with one attached hydrogen (secondary N) is 1. The van der Waals surface area contributed by atoms with Crippen molar-refractivity contribution in [1.82, 2.24) is 30.0 Å². The van der Waals surface area contributed by atoms with Gasteiger partial charge in [-0.1, -0.05) is 26.2 Å². The summed E-state index contributed by atoms with van der Waals surface area (Å²) in [6, 6.07) is 5.12. The second kappa shape index (κ2) is 13.1. The van der Waals surface area contributed by atoms with Crippen molar-refractivity contribution in [2.24, 2.45) is 11.8 Å². The van der Waals surface area contributed by atoms with Gasteiger partial charge in [0.2, 0.25) is 11.8 Å². The van der Waals surface area contributed by atoms with Crippen LogP contribution in [0.4, 0.5) is 5.69 Å². The Morgan fingerprint density at radius 3 is 2.76 bits per heavy atom. The van der Waals surface area contributed by atoms with Crippen LogP contribution in [0, 0.1) is 11.8 Å². The first-order valence-electron chi connectivity index (χ1n) is 13.7. The Balaban J connectivity index is 1.53. The van der Waals surface area contributed by atoms with Gasteiger partial charge in [0.15, 0.2) is 0 Å². The van der Waals surface area contributed by atoms with E-state index in [1.807, 2.05) is 13.0 Å². The molecule has 3 atom stereocenters. The number of rotatable bonds is 9. The Morgan fingerprint density at radius 2 is 2.05 bits per heavy atom. The van der Waals surface area contributed by atoms with Gasteiger partial charge in [-0.3, -0.25) is 9.59 Å². The highest BCUT2D eigenvalue weighted by atomic mass is 16.5. The maximum Gasteiger partial charge on any atom is 0.246 e. The summed E-state index contributed by atoms with van der Waals surface area (Å²) in [4.78, 5) is 30.0. The molecule has 1 aliphatic heterocycles. The number of fused-ring (bicyclic) bond motifs is 1. The number of hydrogen-bond acceptors (Lipinski definition) is 8. The third-order valence-electron chi connectivity index (χ3n) is 7.68. The molecule has 0 saturated heterocycles. The fourth-order valence-electron chi connectivity index (χ4n) is 5.52. The van der Waals surface area contributed by atoms with Crippen molar-refractivity contribution in [3.63, 3.8) is 0 Å². The molecular formula is C27H41N7O4. The minimum atomic E-state index is -0.300. The summed E-state index contributed by atoms with van der Waals surface area (Å²) in [5.74, 6) is 1.08. The molecule has 11 nitrogen and oxygen atoms in total. The largest absolute Gasteiger partial charge is 0.488 e. The highest BCUT2D eigenvalue weighted by molar-refractivity contribution is 5.91. The zero-order valence-corrected chi connectivity index (χ0v) is 22.8. The molecule has 11 heteroatoms. The summed E-state index contributed by atoms with van der Waals surface area (Å²) in [6.07, 6.45) is 7.89. The van der Waals surface area contributed by atoms with Crippen LogP contribution in [0.2, 0.25) is 0 Å². The summed E-state index contributed by atoms with van der Waals surface area (Å²) in [7, 11) is 2.15. The van der Waals surface area contributed by atoms with Crippen molar-refractivity contribution >= 4 is 17.5 Å². The molecule has 208 valence electrons. The van der Waals surface area contributed by atoms with E-state index >= 15 is 0 Å². The van der Waals surface area contributed by atoms with Gasteiger partial charge in [0, 0.05) is 36.8 Å². The molecule has 2 aromatic rings. The number of aliphatic hydroxyl groups is 1. The number of tetrazole rings is 1. The number of anilines is 1. The highest BCUT2D eigenvalue weighted by Gasteiger charge is 2.31. The SMILES string of the molecule is C[C@@H]1CN([C@H](C)CO)C(=O)Cc2cc(NC(=O)Cn3cnnn3)ccc2O[C@@H]1CN(C)CC1CCCCC1. The van der Waals surface area contributed by atoms with Gasteiger partial charge >= 0.3 is 0 Å². The van der Waals surface area contributed by atoms with Crippen LogP contribution in [-0.2, 0) is 22.6 Å². The molecule has 1 aliphatic carbocycles. The van der Waals surface area contributed by atoms with E-state index in [4.69, 9.17) is 4.74 Å². The maximum absolute atomic E-state index is 13.4. The molecule has 0 bridgehead atoms. The quantitative estimate of drug-likeness (QED) is 0.507. The van der Waals surface area contributed by atoms with Gasteiger partial charge in [-0.25, -0.2) is 4.68 Å². The second-order valence-corrected chi connectivity index (χ2v) is 11.0. The number of amides is 2. The van der Waals surface area contributed by atoms with Gasteiger partial charge < -0.3 is 25.0 Å². The fraction of sp³-hybridized carbons (Fsp3) is 0.667. The number of benzene rings is 1. The van der Waals surface area contributed by atoms with Crippen LogP contribution >= 0.6 is 0 Å². The minimum absolute atomic E-state index is 0.0196. The number of nitrogens with zero attached hydrogens (tertiary/aromatic N) is 6. The topological polar surface area (TPSA) is 126 Å². The summed E-state index contributed by atoms with van der Waals surface area (Å²) in [5, 5.41) is 23.5. The molecule has 38 heavy (non-hydrogen) atoms. The summed E-state index contributed by atoms with van der Waals surface area (Å²) in [5.41, 5.74) is 1.28. The number of hydrogen-bond donors (Lipinski definition) is 2. The molecule has 1 fully saturated rings. The van der Waals surface area contributed by atoms with Crippen molar-refractivity contribution in [3.05, 3.63) is 30.1 Å². The Bertz CT molecular complexity index is 1060. The van der Waals surface area contributed by atoms with Crippen molar-refractivity contribution in [3.8, 4) is 5.75 Å². The van der Waals surface area contributed by atoms with E-state index in [0.717, 1.165) is 19.0 Å². The molecule has 2 aliphatic rings. The normalized spacial score (nSPS) is 21.7. The van der Waals surface area contributed by atoms with Crippen LogP contribution in [0.1, 0.15) is 51.5 Å². The van der Waals surface area contributed by atoms with E-state index in [0.29, 0.717) is 23.5 Å². The van der Waals surface area contributed by atoms with Crippen molar-refractivity contribution < 1.29 is 19.4 Å².